The molecule has 4 nitrogen and oxygen atoms in total. The molecule has 2 aromatic rings. The Labute approximate surface area is 111 Å². The molecule has 0 aliphatic rings. The molecule has 5 heteroatoms. The molecule has 0 amide bonds. The number of nitrogens with zero attached hydrogens (tertiary/aromatic N) is 2. The van der Waals surface area contributed by atoms with Gasteiger partial charge in [0.05, 0.1) is 6.10 Å². The summed E-state index contributed by atoms with van der Waals surface area (Å²) in [7, 11) is 1.99. The summed E-state index contributed by atoms with van der Waals surface area (Å²) in [4.78, 5) is 5.62. The second kappa shape index (κ2) is 6.13. The fourth-order valence-electron chi connectivity index (χ4n) is 1.83. The first-order chi connectivity index (χ1) is 8.72. The number of aryl methyl sites for hydroxylation is 1. The van der Waals surface area contributed by atoms with Crippen molar-refractivity contribution >= 4 is 11.3 Å². The molecular weight excluding hydrogens is 246 g/mol. The molecule has 0 fully saturated rings. The summed E-state index contributed by atoms with van der Waals surface area (Å²) >= 11 is 1.70. The van der Waals surface area contributed by atoms with Crippen molar-refractivity contribution in [2.75, 3.05) is 6.54 Å². The van der Waals surface area contributed by atoms with Crippen molar-refractivity contribution in [3.8, 4) is 0 Å². The van der Waals surface area contributed by atoms with Crippen molar-refractivity contribution in [2.45, 2.75) is 25.5 Å². The zero-order valence-corrected chi connectivity index (χ0v) is 11.5. The van der Waals surface area contributed by atoms with Gasteiger partial charge in [0.25, 0.3) is 0 Å². The minimum Gasteiger partial charge on any atom is -0.392 e. The lowest BCUT2D eigenvalue weighted by atomic mass is 10.2. The van der Waals surface area contributed by atoms with Gasteiger partial charge in [-0.15, -0.1) is 11.3 Å². The lowest BCUT2D eigenvalue weighted by molar-refractivity contribution is 0.164. The summed E-state index contributed by atoms with van der Waals surface area (Å²) in [5.41, 5.74) is 0. The topological polar surface area (TPSA) is 50.1 Å². The molecule has 0 aromatic carbocycles. The van der Waals surface area contributed by atoms with Crippen LogP contribution in [-0.4, -0.2) is 27.3 Å². The lowest BCUT2D eigenvalue weighted by Crippen LogP contribution is -2.31. The van der Waals surface area contributed by atoms with E-state index in [1.54, 1.807) is 17.5 Å². The van der Waals surface area contributed by atoms with Gasteiger partial charge in [-0.3, -0.25) is 0 Å². The molecule has 0 spiro atoms. The van der Waals surface area contributed by atoms with E-state index < -0.39 is 0 Å². The molecule has 0 aliphatic carbocycles. The highest BCUT2D eigenvalue weighted by Gasteiger charge is 2.19. The molecule has 2 rings (SSSR count). The first-order valence-electron chi connectivity index (χ1n) is 6.14. The zero-order chi connectivity index (χ0) is 13.0. The van der Waals surface area contributed by atoms with E-state index in [0.717, 1.165) is 12.2 Å². The Bertz CT molecular complexity index is 466. The van der Waals surface area contributed by atoms with Crippen LogP contribution in [0.3, 0.4) is 0 Å². The number of hydrogen-bond donors (Lipinski definition) is 2. The number of aliphatic hydroxyl groups excluding tert-OH is 1. The van der Waals surface area contributed by atoms with Gasteiger partial charge >= 0.3 is 0 Å². The van der Waals surface area contributed by atoms with Gasteiger partial charge < -0.3 is 15.0 Å². The van der Waals surface area contributed by atoms with Crippen LogP contribution in [0.25, 0.3) is 0 Å². The van der Waals surface area contributed by atoms with E-state index in [-0.39, 0.29) is 12.1 Å². The van der Waals surface area contributed by atoms with Crippen molar-refractivity contribution < 1.29 is 5.11 Å². The monoisotopic (exact) mass is 265 g/mol. The van der Waals surface area contributed by atoms with Crippen LogP contribution in [0, 0.1) is 0 Å². The highest BCUT2D eigenvalue weighted by molar-refractivity contribution is 7.10. The van der Waals surface area contributed by atoms with E-state index in [0.29, 0.717) is 6.54 Å². The van der Waals surface area contributed by atoms with Gasteiger partial charge in [0.2, 0.25) is 0 Å². The van der Waals surface area contributed by atoms with E-state index in [9.17, 15) is 5.11 Å². The van der Waals surface area contributed by atoms with Crippen LogP contribution in [0.5, 0.6) is 0 Å². The maximum atomic E-state index is 9.68. The third-order valence-corrected chi connectivity index (χ3v) is 3.91. The van der Waals surface area contributed by atoms with E-state index in [4.69, 9.17) is 0 Å². The van der Waals surface area contributed by atoms with E-state index in [1.165, 1.54) is 4.88 Å². The average molecular weight is 265 g/mol. The normalized spacial score (nSPS) is 14.6. The van der Waals surface area contributed by atoms with Gasteiger partial charge in [-0.05, 0) is 17.9 Å². The summed E-state index contributed by atoms with van der Waals surface area (Å²) in [6.07, 6.45) is 4.18. The largest absolute Gasteiger partial charge is 0.392 e. The molecule has 0 aliphatic heterocycles. The Morgan fingerprint density at radius 3 is 2.94 bits per heavy atom. The lowest BCUT2D eigenvalue weighted by Gasteiger charge is -2.19. The Hall–Kier alpha value is -1.17. The number of imidazole rings is 1. The maximum Gasteiger partial charge on any atom is 0.131 e. The Kier molecular flexibility index (Phi) is 4.52. The summed E-state index contributed by atoms with van der Waals surface area (Å²) in [5, 5.41) is 15.1. The van der Waals surface area contributed by atoms with Crippen LogP contribution in [-0.2, 0) is 7.05 Å². The average Bonchev–Trinajstić information content (AvgIpc) is 3.02. The molecule has 0 radical (unpaired) electrons. The predicted molar refractivity (Wildman–Crippen MR) is 73.7 cm³/mol. The van der Waals surface area contributed by atoms with Gasteiger partial charge in [0.15, 0.2) is 0 Å². The Morgan fingerprint density at radius 2 is 2.39 bits per heavy atom. The van der Waals surface area contributed by atoms with Gasteiger partial charge in [-0.2, -0.15) is 0 Å². The number of thiophene rings is 1. The smallest absolute Gasteiger partial charge is 0.131 e. The van der Waals surface area contributed by atoms with Crippen molar-refractivity contribution in [1.29, 1.82) is 0 Å². The first-order valence-corrected chi connectivity index (χ1v) is 7.02. The van der Waals surface area contributed by atoms with Crippen LogP contribution in [0.15, 0.2) is 29.9 Å². The molecule has 0 bridgehead atoms. The molecule has 2 heterocycles. The molecule has 2 N–H and O–H groups in total. The SMILES string of the molecule is CCC(O)CNC(c1cccs1)c1nccn1C. The van der Waals surface area contributed by atoms with Gasteiger partial charge in [-0.1, -0.05) is 13.0 Å². The summed E-state index contributed by atoms with van der Waals surface area (Å²) < 4.78 is 2.01. The molecule has 2 atom stereocenters. The molecule has 0 saturated heterocycles. The van der Waals surface area contributed by atoms with E-state index in [1.807, 2.05) is 30.8 Å². The summed E-state index contributed by atoms with van der Waals surface area (Å²) in [6, 6.07) is 4.18. The molecule has 2 unspecified atom stereocenters. The van der Waals surface area contributed by atoms with Crippen molar-refractivity contribution in [3.63, 3.8) is 0 Å². The number of nitrogens with one attached hydrogen (secondary N) is 1. The highest BCUT2D eigenvalue weighted by Crippen LogP contribution is 2.24. The first kappa shape index (κ1) is 13.3. The molecule has 18 heavy (non-hydrogen) atoms. The van der Waals surface area contributed by atoms with Crippen LogP contribution in [0.4, 0.5) is 0 Å². The molecule has 98 valence electrons. The van der Waals surface area contributed by atoms with Crippen LogP contribution >= 0.6 is 11.3 Å². The minimum atomic E-state index is -0.312. The quantitative estimate of drug-likeness (QED) is 0.839. The summed E-state index contributed by atoms with van der Waals surface area (Å²) in [5.74, 6) is 0.973. The third kappa shape index (κ3) is 2.98. The maximum absolute atomic E-state index is 9.68. The number of hydrogen-bond acceptors (Lipinski definition) is 4. The minimum absolute atomic E-state index is 0.0474. The summed E-state index contributed by atoms with van der Waals surface area (Å²) in [6.45, 7) is 2.55. The second-order valence-corrected chi connectivity index (χ2v) is 5.29. The van der Waals surface area contributed by atoms with E-state index in [2.05, 4.69) is 21.7 Å². The van der Waals surface area contributed by atoms with Gasteiger partial charge in [0.1, 0.15) is 11.9 Å². The fraction of sp³-hybridized carbons (Fsp3) is 0.462. The Morgan fingerprint density at radius 1 is 1.56 bits per heavy atom. The van der Waals surface area contributed by atoms with Crippen molar-refractivity contribution in [1.82, 2.24) is 14.9 Å². The van der Waals surface area contributed by atoms with Gasteiger partial charge in [0, 0.05) is 30.9 Å². The van der Waals surface area contributed by atoms with Crippen molar-refractivity contribution in [3.05, 3.63) is 40.6 Å². The standard InChI is InChI=1S/C13H19N3OS/c1-3-10(17)9-15-12(11-5-4-8-18-11)13-14-6-7-16(13)2/h4-8,10,12,15,17H,3,9H2,1-2H3. The number of aliphatic hydroxyl groups is 1. The van der Waals surface area contributed by atoms with E-state index >= 15 is 0 Å². The van der Waals surface area contributed by atoms with Gasteiger partial charge in [-0.25, -0.2) is 4.98 Å². The highest BCUT2D eigenvalue weighted by atomic mass is 32.1. The third-order valence-electron chi connectivity index (χ3n) is 2.97. The van der Waals surface area contributed by atoms with Crippen LogP contribution in [0.2, 0.25) is 0 Å². The zero-order valence-electron chi connectivity index (χ0n) is 10.7. The molecule has 0 saturated carbocycles. The van der Waals surface area contributed by atoms with Crippen LogP contribution in [0.1, 0.15) is 30.1 Å². The van der Waals surface area contributed by atoms with Crippen molar-refractivity contribution in [2.24, 2.45) is 7.05 Å². The predicted octanol–water partition coefficient (Wildman–Crippen LogP) is 1.93. The number of rotatable bonds is 6. The Balaban J connectivity index is 2.17. The molecule has 2 aromatic heterocycles. The second-order valence-electron chi connectivity index (χ2n) is 4.32. The number of aromatic nitrogens is 2. The fourth-order valence-corrected chi connectivity index (χ4v) is 2.62. The molecular formula is C13H19N3OS. The van der Waals surface area contributed by atoms with Crippen LogP contribution < -0.4 is 5.32 Å².